The van der Waals surface area contributed by atoms with Crippen LogP contribution in [0.5, 0.6) is 0 Å². The third-order valence-electron chi connectivity index (χ3n) is 5.21. The summed E-state index contributed by atoms with van der Waals surface area (Å²) in [5.74, 6) is 1.90. The van der Waals surface area contributed by atoms with Gasteiger partial charge in [0, 0.05) is 28.8 Å². The molecule has 2 aromatic heterocycles. The van der Waals surface area contributed by atoms with Gasteiger partial charge in [0.25, 0.3) is 0 Å². The topological polar surface area (TPSA) is 72.1 Å². The molecule has 0 spiro atoms. The molecular weight excluding hydrogens is 464 g/mol. The van der Waals surface area contributed by atoms with Gasteiger partial charge >= 0.3 is 0 Å². The molecule has 1 amide bonds. The summed E-state index contributed by atoms with van der Waals surface area (Å²) in [7, 11) is 0. The highest BCUT2D eigenvalue weighted by Crippen LogP contribution is 2.32. The van der Waals surface area contributed by atoms with E-state index in [0.717, 1.165) is 40.4 Å². The predicted octanol–water partition coefficient (Wildman–Crippen LogP) is 6.06. The van der Waals surface area contributed by atoms with Gasteiger partial charge in [0.15, 0.2) is 4.34 Å². The highest BCUT2D eigenvalue weighted by molar-refractivity contribution is 8.01. The first-order valence-corrected chi connectivity index (χ1v) is 12.7. The molecule has 0 unspecified atom stereocenters. The van der Waals surface area contributed by atoms with Gasteiger partial charge in [0.1, 0.15) is 0 Å². The van der Waals surface area contributed by atoms with Gasteiger partial charge in [-0.2, -0.15) is 0 Å². The first-order valence-electron chi connectivity index (χ1n) is 10.5. The molecule has 0 radical (unpaired) electrons. The van der Waals surface area contributed by atoms with Crippen LogP contribution in [-0.4, -0.2) is 37.8 Å². The van der Waals surface area contributed by atoms with Crippen molar-refractivity contribution in [2.45, 2.75) is 42.6 Å². The molecule has 6 nitrogen and oxygen atoms in total. The third kappa shape index (κ3) is 5.14. The van der Waals surface area contributed by atoms with Crippen LogP contribution in [-0.2, 0) is 11.3 Å². The van der Waals surface area contributed by atoms with E-state index in [9.17, 15) is 4.79 Å². The van der Waals surface area contributed by atoms with Gasteiger partial charge in [0.2, 0.25) is 17.7 Å². The highest BCUT2D eigenvalue weighted by Gasteiger charge is 2.33. The summed E-state index contributed by atoms with van der Waals surface area (Å²) in [4.78, 5) is 19.4. The maximum absolute atomic E-state index is 12.9. The number of carbonyl (C=O) groups is 1. The number of rotatable bonds is 9. The number of aromatic nitrogens is 3. The van der Waals surface area contributed by atoms with E-state index >= 15 is 0 Å². The minimum absolute atomic E-state index is 0.142. The molecule has 0 atom stereocenters. The second kappa shape index (κ2) is 9.60. The zero-order valence-corrected chi connectivity index (χ0v) is 19.6. The zero-order chi connectivity index (χ0) is 21.9. The minimum Gasteiger partial charge on any atom is -0.419 e. The first kappa shape index (κ1) is 21.4. The Bertz CT molecular complexity index is 1190. The molecule has 1 aliphatic carbocycles. The van der Waals surface area contributed by atoms with Crippen molar-refractivity contribution in [1.82, 2.24) is 20.1 Å². The maximum atomic E-state index is 12.9. The lowest BCUT2D eigenvalue weighted by Gasteiger charge is -2.20. The van der Waals surface area contributed by atoms with Crippen LogP contribution >= 0.6 is 34.7 Å². The number of fused-ring (bicyclic) bond motifs is 1. The monoisotopic (exact) mass is 484 g/mol. The van der Waals surface area contributed by atoms with E-state index in [1.807, 2.05) is 35.2 Å². The van der Waals surface area contributed by atoms with Crippen molar-refractivity contribution in [1.29, 1.82) is 0 Å². The Hall–Kier alpha value is -2.42. The molecule has 1 saturated carbocycles. The molecule has 2 aromatic carbocycles. The van der Waals surface area contributed by atoms with E-state index in [-0.39, 0.29) is 11.9 Å². The van der Waals surface area contributed by atoms with E-state index in [2.05, 4.69) is 21.2 Å². The number of benzene rings is 2. The molecule has 0 saturated heterocycles. The lowest BCUT2D eigenvalue weighted by molar-refractivity contribution is -0.132. The largest absolute Gasteiger partial charge is 0.419 e. The average molecular weight is 485 g/mol. The number of hydrogen-bond acceptors (Lipinski definition) is 7. The predicted molar refractivity (Wildman–Crippen MR) is 128 cm³/mol. The molecule has 164 valence electrons. The molecule has 2 heterocycles. The van der Waals surface area contributed by atoms with E-state index < -0.39 is 0 Å². The van der Waals surface area contributed by atoms with Crippen molar-refractivity contribution in [3.05, 3.63) is 59.4 Å². The first-order chi connectivity index (χ1) is 15.7. The van der Waals surface area contributed by atoms with Gasteiger partial charge in [0.05, 0.1) is 16.8 Å². The number of amides is 1. The van der Waals surface area contributed by atoms with Crippen LogP contribution in [0.25, 0.3) is 21.7 Å². The Morgan fingerprint density at radius 2 is 1.97 bits per heavy atom. The van der Waals surface area contributed by atoms with Crippen LogP contribution in [0.15, 0.2) is 57.3 Å². The smallest absolute Gasteiger partial charge is 0.247 e. The van der Waals surface area contributed by atoms with Gasteiger partial charge in [-0.15, -0.1) is 21.5 Å². The van der Waals surface area contributed by atoms with Crippen LogP contribution in [0, 0.1) is 0 Å². The highest BCUT2D eigenvalue weighted by atomic mass is 35.5. The lowest BCUT2D eigenvalue weighted by Crippen LogP contribution is -2.32. The standard InChI is InChI=1S/C23H21ClN4O2S2/c24-16-9-7-15(8-10-16)22-27-26-20(30-22)14-28(17-11-12-17)21(29)6-3-13-31-23-25-18-4-1-2-5-19(18)32-23/h1-2,4-5,7-10,17H,3,6,11-14H2. The molecule has 0 bridgehead atoms. The normalized spacial score (nSPS) is 13.5. The number of nitrogens with zero attached hydrogens (tertiary/aromatic N) is 4. The summed E-state index contributed by atoms with van der Waals surface area (Å²) in [5.41, 5.74) is 1.85. The molecule has 4 aromatic rings. The summed E-state index contributed by atoms with van der Waals surface area (Å²) in [5, 5.41) is 8.93. The van der Waals surface area contributed by atoms with Crippen LogP contribution in [0.4, 0.5) is 0 Å². The minimum atomic E-state index is 0.142. The average Bonchev–Trinajstić information content (AvgIpc) is 3.38. The van der Waals surface area contributed by atoms with Crippen LogP contribution in [0.1, 0.15) is 31.6 Å². The summed E-state index contributed by atoms with van der Waals surface area (Å²) >= 11 is 9.36. The van der Waals surface area contributed by atoms with Gasteiger partial charge < -0.3 is 9.32 Å². The quantitative estimate of drug-likeness (QED) is 0.212. The van der Waals surface area contributed by atoms with E-state index in [0.29, 0.717) is 29.8 Å². The summed E-state index contributed by atoms with van der Waals surface area (Å²) < 4.78 is 8.06. The fourth-order valence-electron chi connectivity index (χ4n) is 3.42. The van der Waals surface area contributed by atoms with Gasteiger partial charge in [-0.05, 0) is 55.7 Å². The van der Waals surface area contributed by atoms with Crippen molar-refractivity contribution in [3.63, 3.8) is 0 Å². The Kier molecular flexibility index (Phi) is 6.43. The second-order valence-corrected chi connectivity index (χ2v) is 10.5. The van der Waals surface area contributed by atoms with E-state index in [1.165, 1.54) is 4.70 Å². The molecule has 5 rings (SSSR count). The SMILES string of the molecule is O=C(CCCSc1nc2ccccc2s1)N(Cc1nnc(-c2ccc(Cl)cc2)o1)C1CC1. The Labute approximate surface area is 199 Å². The van der Waals surface area contributed by atoms with Crippen LogP contribution in [0.3, 0.4) is 0 Å². The van der Waals surface area contributed by atoms with Crippen molar-refractivity contribution < 1.29 is 9.21 Å². The van der Waals surface area contributed by atoms with Crippen LogP contribution < -0.4 is 0 Å². The van der Waals surface area contributed by atoms with Gasteiger partial charge in [-0.25, -0.2) is 4.98 Å². The van der Waals surface area contributed by atoms with Crippen molar-refractivity contribution in [2.75, 3.05) is 5.75 Å². The fourth-order valence-corrected chi connectivity index (χ4v) is 5.62. The molecular formula is C23H21ClN4O2S2. The third-order valence-corrected chi connectivity index (χ3v) is 7.72. The number of thiazole rings is 1. The molecule has 0 aliphatic heterocycles. The molecule has 1 fully saturated rings. The molecule has 9 heteroatoms. The molecule has 32 heavy (non-hydrogen) atoms. The molecule has 1 aliphatic rings. The van der Waals surface area contributed by atoms with E-state index in [4.69, 9.17) is 16.0 Å². The second-order valence-electron chi connectivity index (χ2n) is 7.66. The Morgan fingerprint density at radius 3 is 2.75 bits per heavy atom. The number of thioether (sulfide) groups is 1. The van der Waals surface area contributed by atoms with Gasteiger partial charge in [-0.1, -0.05) is 35.5 Å². The number of carbonyl (C=O) groups excluding carboxylic acids is 1. The van der Waals surface area contributed by atoms with Crippen molar-refractivity contribution in [2.24, 2.45) is 0 Å². The number of hydrogen-bond donors (Lipinski definition) is 0. The van der Waals surface area contributed by atoms with Crippen molar-refractivity contribution >= 4 is 50.8 Å². The van der Waals surface area contributed by atoms with Crippen LogP contribution in [0.2, 0.25) is 5.02 Å². The number of halogens is 1. The van der Waals surface area contributed by atoms with E-state index in [1.54, 1.807) is 35.2 Å². The Morgan fingerprint density at radius 1 is 1.16 bits per heavy atom. The maximum Gasteiger partial charge on any atom is 0.247 e. The Balaban J connectivity index is 1.14. The fraction of sp³-hybridized carbons (Fsp3) is 0.304. The number of para-hydroxylation sites is 1. The summed E-state index contributed by atoms with van der Waals surface area (Å²) in [6, 6.07) is 15.7. The molecule has 0 N–H and O–H groups in total. The zero-order valence-electron chi connectivity index (χ0n) is 17.2. The summed E-state index contributed by atoms with van der Waals surface area (Å²) in [6.07, 6.45) is 3.38. The lowest BCUT2D eigenvalue weighted by atomic mass is 10.2. The van der Waals surface area contributed by atoms with Gasteiger partial charge in [-0.3, -0.25) is 4.79 Å². The summed E-state index contributed by atoms with van der Waals surface area (Å²) in [6.45, 7) is 0.356. The van der Waals surface area contributed by atoms with Crippen molar-refractivity contribution in [3.8, 4) is 11.5 Å².